The van der Waals surface area contributed by atoms with E-state index in [0.717, 1.165) is 5.75 Å². The molecule has 0 spiro atoms. The van der Waals surface area contributed by atoms with Crippen molar-refractivity contribution in [2.75, 3.05) is 11.6 Å². The standard InChI is InChI=1S/C9H11ClN2O2S/c1-7(4-10)6-15-9-2-3-11-5-8(9)12(13)14/h2-3,5,7H,4,6H2,1H3. The van der Waals surface area contributed by atoms with Crippen LogP contribution in [0.25, 0.3) is 0 Å². The van der Waals surface area contributed by atoms with Crippen LogP contribution in [-0.4, -0.2) is 21.5 Å². The summed E-state index contributed by atoms with van der Waals surface area (Å²) in [5.41, 5.74) is 0.0595. The summed E-state index contributed by atoms with van der Waals surface area (Å²) >= 11 is 7.10. The molecule has 0 radical (unpaired) electrons. The summed E-state index contributed by atoms with van der Waals surface area (Å²) in [7, 11) is 0. The molecule has 0 aliphatic carbocycles. The maximum atomic E-state index is 10.7. The van der Waals surface area contributed by atoms with Crippen molar-refractivity contribution in [3.63, 3.8) is 0 Å². The average molecular weight is 247 g/mol. The monoisotopic (exact) mass is 246 g/mol. The first-order valence-corrected chi connectivity index (χ1v) is 5.94. The number of hydrogen-bond acceptors (Lipinski definition) is 4. The third-order valence-corrected chi connectivity index (χ3v) is 3.66. The number of aromatic nitrogens is 1. The van der Waals surface area contributed by atoms with Gasteiger partial charge in [-0.15, -0.1) is 23.4 Å². The van der Waals surface area contributed by atoms with E-state index in [1.807, 2.05) is 6.92 Å². The molecule has 6 heteroatoms. The second-order valence-corrected chi connectivity index (χ2v) is 4.54. The zero-order valence-electron chi connectivity index (χ0n) is 8.22. The SMILES string of the molecule is CC(CCl)CSc1ccncc1[N+](=O)[O-]. The Labute approximate surface area is 97.2 Å². The molecule has 0 amide bonds. The van der Waals surface area contributed by atoms with E-state index in [9.17, 15) is 10.1 Å². The number of pyridine rings is 1. The lowest BCUT2D eigenvalue weighted by atomic mass is 10.3. The highest BCUT2D eigenvalue weighted by molar-refractivity contribution is 7.99. The van der Waals surface area contributed by atoms with Crippen LogP contribution in [0.3, 0.4) is 0 Å². The summed E-state index contributed by atoms with van der Waals surface area (Å²) in [6, 6.07) is 1.66. The molecule has 1 heterocycles. The van der Waals surface area contributed by atoms with Gasteiger partial charge in [0, 0.05) is 17.8 Å². The van der Waals surface area contributed by atoms with Crippen LogP contribution in [-0.2, 0) is 0 Å². The lowest BCUT2D eigenvalue weighted by Crippen LogP contribution is -2.00. The molecular weight excluding hydrogens is 236 g/mol. The van der Waals surface area contributed by atoms with Crippen molar-refractivity contribution in [3.05, 3.63) is 28.6 Å². The van der Waals surface area contributed by atoms with E-state index < -0.39 is 4.92 Å². The van der Waals surface area contributed by atoms with Gasteiger partial charge in [0.15, 0.2) is 0 Å². The van der Waals surface area contributed by atoms with Gasteiger partial charge in [-0.3, -0.25) is 15.1 Å². The Bertz CT molecular complexity index is 349. The summed E-state index contributed by atoms with van der Waals surface area (Å²) in [6.45, 7) is 2.01. The van der Waals surface area contributed by atoms with Crippen molar-refractivity contribution in [1.82, 2.24) is 4.98 Å². The summed E-state index contributed by atoms with van der Waals surface area (Å²) in [6.07, 6.45) is 2.83. The van der Waals surface area contributed by atoms with E-state index in [0.29, 0.717) is 16.7 Å². The van der Waals surface area contributed by atoms with Gasteiger partial charge in [-0.1, -0.05) is 6.92 Å². The van der Waals surface area contributed by atoms with Crippen molar-refractivity contribution in [1.29, 1.82) is 0 Å². The molecule has 0 saturated carbocycles. The van der Waals surface area contributed by atoms with E-state index in [-0.39, 0.29) is 5.69 Å². The number of thioether (sulfide) groups is 1. The highest BCUT2D eigenvalue weighted by Crippen LogP contribution is 2.29. The first-order valence-electron chi connectivity index (χ1n) is 4.42. The quantitative estimate of drug-likeness (QED) is 0.347. The molecule has 4 nitrogen and oxygen atoms in total. The van der Waals surface area contributed by atoms with Crippen LogP contribution in [0.4, 0.5) is 5.69 Å². The van der Waals surface area contributed by atoms with Crippen molar-refractivity contribution >= 4 is 29.1 Å². The topological polar surface area (TPSA) is 56.0 Å². The third kappa shape index (κ3) is 3.68. The molecular formula is C9H11ClN2O2S. The van der Waals surface area contributed by atoms with Crippen LogP contribution in [0.15, 0.2) is 23.4 Å². The molecule has 82 valence electrons. The lowest BCUT2D eigenvalue weighted by Gasteiger charge is -2.06. The maximum Gasteiger partial charge on any atom is 0.300 e. The zero-order valence-corrected chi connectivity index (χ0v) is 9.79. The Morgan fingerprint density at radius 2 is 2.47 bits per heavy atom. The Balaban J connectivity index is 2.72. The van der Waals surface area contributed by atoms with Crippen LogP contribution in [0, 0.1) is 16.0 Å². The van der Waals surface area contributed by atoms with Gasteiger partial charge in [-0.25, -0.2) is 0 Å². The smallest absolute Gasteiger partial charge is 0.258 e. The van der Waals surface area contributed by atoms with Crippen LogP contribution in [0.5, 0.6) is 0 Å². The molecule has 0 N–H and O–H groups in total. The highest BCUT2D eigenvalue weighted by Gasteiger charge is 2.14. The van der Waals surface area contributed by atoms with E-state index in [1.165, 1.54) is 18.0 Å². The molecule has 1 rings (SSSR count). The number of rotatable bonds is 5. The number of alkyl halides is 1. The second-order valence-electron chi connectivity index (χ2n) is 3.17. The normalized spacial score (nSPS) is 12.4. The van der Waals surface area contributed by atoms with Gasteiger partial charge in [0.2, 0.25) is 0 Å². The van der Waals surface area contributed by atoms with E-state index in [4.69, 9.17) is 11.6 Å². The predicted octanol–water partition coefficient (Wildman–Crippen LogP) is 2.96. The molecule has 1 atom stereocenters. The van der Waals surface area contributed by atoms with Gasteiger partial charge in [0.1, 0.15) is 6.20 Å². The molecule has 1 aromatic rings. The second kappa shape index (κ2) is 5.92. The Morgan fingerprint density at radius 1 is 1.73 bits per heavy atom. The first-order chi connectivity index (χ1) is 7.15. The summed E-state index contributed by atoms with van der Waals surface area (Å²) in [4.78, 5) is 14.6. The van der Waals surface area contributed by atoms with Crippen LogP contribution in [0.1, 0.15) is 6.92 Å². The van der Waals surface area contributed by atoms with Gasteiger partial charge < -0.3 is 0 Å². The largest absolute Gasteiger partial charge is 0.300 e. The minimum absolute atomic E-state index is 0.0595. The van der Waals surface area contributed by atoms with Crippen molar-refractivity contribution in [3.8, 4) is 0 Å². The van der Waals surface area contributed by atoms with Crippen molar-refractivity contribution in [2.24, 2.45) is 5.92 Å². The molecule has 0 aliphatic rings. The molecule has 15 heavy (non-hydrogen) atoms. The number of nitro groups is 1. The van der Waals surface area contributed by atoms with Crippen molar-refractivity contribution < 1.29 is 4.92 Å². The van der Waals surface area contributed by atoms with E-state index >= 15 is 0 Å². The molecule has 0 saturated heterocycles. The molecule has 1 unspecified atom stereocenters. The Morgan fingerprint density at radius 3 is 3.07 bits per heavy atom. The van der Waals surface area contributed by atoms with Crippen LogP contribution in [0.2, 0.25) is 0 Å². The zero-order chi connectivity index (χ0) is 11.3. The van der Waals surface area contributed by atoms with Crippen LogP contribution >= 0.6 is 23.4 Å². The number of nitrogens with zero attached hydrogens (tertiary/aromatic N) is 2. The van der Waals surface area contributed by atoms with Gasteiger partial charge in [-0.2, -0.15) is 0 Å². The van der Waals surface area contributed by atoms with Gasteiger partial charge in [0.25, 0.3) is 0 Å². The maximum absolute atomic E-state index is 10.7. The first kappa shape index (κ1) is 12.3. The summed E-state index contributed by atoms with van der Waals surface area (Å²) in [5.74, 6) is 1.67. The molecule has 1 aromatic heterocycles. The lowest BCUT2D eigenvalue weighted by molar-refractivity contribution is -0.388. The summed E-state index contributed by atoms with van der Waals surface area (Å²) < 4.78 is 0. The molecule has 0 aliphatic heterocycles. The fraction of sp³-hybridized carbons (Fsp3) is 0.444. The molecule has 0 fully saturated rings. The Kier molecular flexibility index (Phi) is 4.84. The van der Waals surface area contributed by atoms with Gasteiger partial charge in [0.05, 0.1) is 9.82 Å². The summed E-state index contributed by atoms with van der Waals surface area (Å²) in [5, 5.41) is 10.7. The number of hydrogen-bond donors (Lipinski definition) is 0. The Hall–Kier alpha value is -0.810. The van der Waals surface area contributed by atoms with Crippen molar-refractivity contribution in [2.45, 2.75) is 11.8 Å². The molecule has 0 aromatic carbocycles. The average Bonchev–Trinajstić information content (AvgIpc) is 2.26. The van der Waals surface area contributed by atoms with Crippen LogP contribution < -0.4 is 0 Å². The fourth-order valence-electron chi connectivity index (χ4n) is 0.909. The van der Waals surface area contributed by atoms with Gasteiger partial charge in [-0.05, 0) is 12.0 Å². The van der Waals surface area contributed by atoms with E-state index in [1.54, 1.807) is 12.3 Å². The fourth-order valence-corrected chi connectivity index (χ4v) is 2.16. The minimum Gasteiger partial charge on any atom is -0.258 e. The number of halogens is 1. The van der Waals surface area contributed by atoms with Gasteiger partial charge >= 0.3 is 5.69 Å². The predicted molar refractivity (Wildman–Crippen MR) is 61.5 cm³/mol. The molecule has 0 bridgehead atoms. The van der Waals surface area contributed by atoms with E-state index in [2.05, 4.69) is 4.98 Å². The third-order valence-electron chi connectivity index (χ3n) is 1.74. The minimum atomic E-state index is -0.416. The highest BCUT2D eigenvalue weighted by atomic mass is 35.5.